The number of benzene rings is 2. The number of rotatable bonds is 7. The van der Waals surface area contributed by atoms with Crippen molar-refractivity contribution in [3.63, 3.8) is 0 Å². The Balaban J connectivity index is 1.79. The summed E-state index contributed by atoms with van der Waals surface area (Å²) in [6, 6.07) is 16.3. The number of nitrogens with one attached hydrogen (secondary N) is 2. The molecule has 2 rings (SSSR count). The molecule has 6 heteroatoms. The number of anilines is 1. The molecule has 0 atom stereocenters. The Morgan fingerprint density at radius 1 is 0.920 bits per heavy atom. The molecule has 2 aromatic rings. The van der Waals surface area contributed by atoms with Crippen LogP contribution in [0.2, 0.25) is 0 Å². The van der Waals surface area contributed by atoms with Crippen LogP contribution in [0.15, 0.2) is 54.6 Å². The molecule has 2 aromatic carbocycles. The number of amides is 2. The van der Waals surface area contributed by atoms with Gasteiger partial charge in [0.2, 0.25) is 0 Å². The third kappa shape index (κ3) is 6.64. The van der Waals surface area contributed by atoms with E-state index in [2.05, 4.69) is 10.6 Å². The molecule has 0 aliphatic rings. The highest BCUT2D eigenvalue weighted by Crippen LogP contribution is 2.22. The Labute approximate surface area is 147 Å². The van der Waals surface area contributed by atoms with Gasteiger partial charge >= 0.3 is 11.8 Å². The first kappa shape index (κ1) is 18.5. The highest BCUT2D eigenvalue weighted by molar-refractivity contribution is 6.39. The van der Waals surface area contributed by atoms with E-state index in [1.165, 1.54) is 0 Å². The lowest BCUT2D eigenvalue weighted by atomic mass is 10.3. The summed E-state index contributed by atoms with van der Waals surface area (Å²) in [6.07, 6.45) is 0.789. The molecule has 132 valence electrons. The van der Waals surface area contributed by atoms with Crippen molar-refractivity contribution in [1.82, 2.24) is 10.2 Å². The molecule has 2 amide bonds. The van der Waals surface area contributed by atoms with Crippen molar-refractivity contribution in [3.8, 4) is 11.5 Å². The van der Waals surface area contributed by atoms with E-state index < -0.39 is 11.8 Å². The number of nitrogens with zero attached hydrogens (tertiary/aromatic N) is 1. The van der Waals surface area contributed by atoms with Crippen LogP contribution in [0.4, 0.5) is 5.69 Å². The second-order valence-corrected chi connectivity index (χ2v) is 5.81. The average Bonchev–Trinajstić information content (AvgIpc) is 2.61. The third-order valence-electron chi connectivity index (χ3n) is 3.36. The van der Waals surface area contributed by atoms with Gasteiger partial charge < -0.3 is 20.3 Å². The first-order valence-electron chi connectivity index (χ1n) is 8.11. The fraction of sp³-hybridized carbons (Fsp3) is 0.263. The van der Waals surface area contributed by atoms with Gasteiger partial charge in [-0.2, -0.15) is 0 Å². The van der Waals surface area contributed by atoms with Crippen LogP contribution in [0.1, 0.15) is 6.42 Å². The molecule has 0 aliphatic carbocycles. The Morgan fingerprint density at radius 2 is 1.56 bits per heavy atom. The van der Waals surface area contributed by atoms with Crippen molar-refractivity contribution in [2.24, 2.45) is 0 Å². The summed E-state index contributed by atoms with van der Waals surface area (Å²) >= 11 is 0. The van der Waals surface area contributed by atoms with Crippen molar-refractivity contribution in [2.45, 2.75) is 6.42 Å². The molecule has 0 bridgehead atoms. The summed E-state index contributed by atoms with van der Waals surface area (Å²) in [5.41, 5.74) is 0.536. The van der Waals surface area contributed by atoms with Crippen LogP contribution in [0, 0.1) is 0 Å². The van der Waals surface area contributed by atoms with Crippen LogP contribution in [0.5, 0.6) is 11.5 Å². The van der Waals surface area contributed by atoms with E-state index in [1.807, 2.05) is 49.3 Å². The minimum atomic E-state index is -0.679. The summed E-state index contributed by atoms with van der Waals surface area (Å²) in [6.45, 7) is 1.32. The van der Waals surface area contributed by atoms with Gasteiger partial charge in [-0.25, -0.2) is 0 Å². The maximum atomic E-state index is 11.9. The largest absolute Gasteiger partial charge is 0.457 e. The Morgan fingerprint density at radius 3 is 2.20 bits per heavy atom. The molecule has 0 saturated carbocycles. The van der Waals surface area contributed by atoms with Crippen LogP contribution in [0.25, 0.3) is 0 Å². The van der Waals surface area contributed by atoms with Gasteiger partial charge in [-0.3, -0.25) is 9.59 Å². The number of para-hydroxylation sites is 1. The van der Waals surface area contributed by atoms with Gasteiger partial charge in [-0.05, 0) is 63.5 Å². The molecule has 2 N–H and O–H groups in total. The summed E-state index contributed by atoms with van der Waals surface area (Å²) in [5.74, 6) is 0.0682. The highest BCUT2D eigenvalue weighted by Gasteiger charge is 2.13. The predicted molar refractivity (Wildman–Crippen MR) is 97.8 cm³/mol. The summed E-state index contributed by atoms with van der Waals surface area (Å²) < 4.78 is 5.67. The topological polar surface area (TPSA) is 70.7 Å². The standard InChI is InChI=1S/C19H23N3O3/c1-22(2)14-6-13-20-18(23)19(24)21-15-9-11-17(12-10-15)25-16-7-4-3-5-8-16/h3-5,7-12H,6,13-14H2,1-2H3,(H,20,23)(H,21,24). The summed E-state index contributed by atoms with van der Waals surface area (Å²) in [5, 5.41) is 5.17. The fourth-order valence-corrected chi connectivity index (χ4v) is 2.10. The molecular formula is C19H23N3O3. The monoisotopic (exact) mass is 341 g/mol. The van der Waals surface area contributed by atoms with Crippen LogP contribution in [-0.2, 0) is 9.59 Å². The van der Waals surface area contributed by atoms with Crippen molar-refractivity contribution in [2.75, 3.05) is 32.5 Å². The van der Waals surface area contributed by atoms with Crippen LogP contribution >= 0.6 is 0 Å². The molecule has 0 heterocycles. The van der Waals surface area contributed by atoms with E-state index in [0.717, 1.165) is 18.7 Å². The smallest absolute Gasteiger partial charge is 0.313 e. The van der Waals surface area contributed by atoms with Gasteiger partial charge in [0.25, 0.3) is 0 Å². The van der Waals surface area contributed by atoms with E-state index in [4.69, 9.17) is 4.74 Å². The molecule has 0 fully saturated rings. The van der Waals surface area contributed by atoms with Crippen molar-refractivity contribution in [1.29, 1.82) is 0 Å². The zero-order chi connectivity index (χ0) is 18.1. The molecule has 0 radical (unpaired) electrons. The fourth-order valence-electron chi connectivity index (χ4n) is 2.10. The molecule has 0 spiro atoms. The number of hydrogen-bond acceptors (Lipinski definition) is 4. The van der Waals surface area contributed by atoms with Crippen molar-refractivity contribution >= 4 is 17.5 Å². The highest BCUT2D eigenvalue weighted by atomic mass is 16.5. The molecule has 0 aromatic heterocycles. The zero-order valence-electron chi connectivity index (χ0n) is 14.5. The van der Waals surface area contributed by atoms with E-state index in [1.54, 1.807) is 24.3 Å². The first-order valence-corrected chi connectivity index (χ1v) is 8.11. The van der Waals surface area contributed by atoms with Gasteiger partial charge in [-0.1, -0.05) is 18.2 Å². The van der Waals surface area contributed by atoms with Crippen molar-refractivity contribution < 1.29 is 14.3 Å². The van der Waals surface area contributed by atoms with Crippen LogP contribution in [-0.4, -0.2) is 43.9 Å². The first-order chi connectivity index (χ1) is 12.0. The molecule has 0 saturated heterocycles. The maximum absolute atomic E-state index is 11.9. The number of carbonyl (C=O) groups excluding carboxylic acids is 2. The number of hydrogen-bond donors (Lipinski definition) is 2. The normalized spacial score (nSPS) is 10.4. The lowest BCUT2D eigenvalue weighted by molar-refractivity contribution is -0.136. The van der Waals surface area contributed by atoms with Gasteiger partial charge in [0.1, 0.15) is 11.5 Å². The Bertz CT molecular complexity index is 685. The molecule has 6 nitrogen and oxygen atoms in total. The van der Waals surface area contributed by atoms with Gasteiger partial charge in [0, 0.05) is 12.2 Å². The molecule has 25 heavy (non-hydrogen) atoms. The minimum absolute atomic E-state index is 0.467. The Hall–Kier alpha value is -2.86. The van der Waals surface area contributed by atoms with Gasteiger partial charge in [0.05, 0.1) is 0 Å². The SMILES string of the molecule is CN(C)CCCNC(=O)C(=O)Nc1ccc(Oc2ccccc2)cc1. The van der Waals surface area contributed by atoms with E-state index in [-0.39, 0.29) is 0 Å². The zero-order valence-corrected chi connectivity index (χ0v) is 14.5. The predicted octanol–water partition coefficient (Wildman–Crippen LogP) is 2.49. The molecule has 0 unspecified atom stereocenters. The van der Waals surface area contributed by atoms with E-state index in [9.17, 15) is 9.59 Å². The Kier molecular flexibility index (Phi) is 6.98. The maximum Gasteiger partial charge on any atom is 0.313 e. The number of carbonyl (C=O) groups is 2. The lowest BCUT2D eigenvalue weighted by Gasteiger charge is -2.10. The summed E-state index contributed by atoms with van der Waals surface area (Å²) in [7, 11) is 3.92. The molecular weight excluding hydrogens is 318 g/mol. The average molecular weight is 341 g/mol. The van der Waals surface area contributed by atoms with Crippen LogP contribution < -0.4 is 15.4 Å². The minimum Gasteiger partial charge on any atom is -0.457 e. The number of ether oxygens (including phenoxy) is 1. The summed E-state index contributed by atoms with van der Waals surface area (Å²) in [4.78, 5) is 25.6. The van der Waals surface area contributed by atoms with Gasteiger partial charge in [-0.15, -0.1) is 0 Å². The quantitative estimate of drug-likeness (QED) is 0.600. The lowest BCUT2D eigenvalue weighted by Crippen LogP contribution is -2.36. The molecule has 0 aliphatic heterocycles. The van der Waals surface area contributed by atoms with E-state index in [0.29, 0.717) is 18.0 Å². The second-order valence-electron chi connectivity index (χ2n) is 5.81. The van der Waals surface area contributed by atoms with Gasteiger partial charge in [0.15, 0.2) is 0 Å². The van der Waals surface area contributed by atoms with Crippen LogP contribution in [0.3, 0.4) is 0 Å². The third-order valence-corrected chi connectivity index (χ3v) is 3.36. The second kappa shape index (κ2) is 9.44. The van der Waals surface area contributed by atoms with Crippen molar-refractivity contribution in [3.05, 3.63) is 54.6 Å². The van der Waals surface area contributed by atoms with E-state index >= 15 is 0 Å².